The third kappa shape index (κ3) is 4.29. The highest BCUT2D eigenvalue weighted by molar-refractivity contribution is 5.93. The summed E-state index contributed by atoms with van der Waals surface area (Å²) in [6, 6.07) is 13.7. The fourth-order valence-corrected chi connectivity index (χ4v) is 3.02. The van der Waals surface area contributed by atoms with Gasteiger partial charge in [-0.05, 0) is 31.0 Å². The molecule has 1 atom stereocenters. The number of benzene rings is 1. The lowest BCUT2D eigenvalue weighted by Crippen LogP contribution is -2.47. The Labute approximate surface area is 136 Å². The number of amides is 1. The highest BCUT2D eigenvalue weighted by Gasteiger charge is 2.22. The van der Waals surface area contributed by atoms with Crippen LogP contribution in [0.2, 0.25) is 0 Å². The number of hydrogen-bond acceptors (Lipinski definition) is 3. The average molecular weight is 311 g/mol. The van der Waals surface area contributed by atoms with E-state index in [2.05, 4.69) is 22.3 Å². The van der Waals surface area contributed by atoms with Crippen LogP contribution in [0.25, 0.3) is 0 Å². The van der Waals surface area contributed by atoms with Gasteiger partial charge in [0.05, 0.1) is 0 Å². The molecular formula is C18H21N3O2. The normalized spacial score (nSPS) is 18.5. The smallest absolute Gasteiger partial charge is 0.257 e. The second kappa shape index (κ2) is 7.24. The molecule has 0 aliphatic carbocycles. The molecule has 1 fully saturated rings. The molecule has 1 aliphatic rings. The molecule has 1 aromatic carbocycles. The number of likely N-dealkylation sites (tertiary alicyclic amines) is 1. The quantitative estimate of drug-likeness (QED) is 0.691. The van der Waals surface area contributed by atoms with Crippen LogP contribution in [-0.4, -0.2) is 29.9 Å². The molecule has 2 aromatic rings. The van der Waals surface area contributed by atoms with Gasteiger partial charge in [-0.3, -0.25) is 9.69 Å². The first-order valence-corrected chi connectivity index (χ1v) is 7.97. The molecule has 0 spiro atoms. The van der Waals surface area contributed by atoms with Crippen LogP contribution in [0.4, 0.5) is 0 Å². The topological polar surface area (TPSA) is 59.3 Å². The zero-order valence-corrected chi connectivity index (χ0v) is 13.0. The number of pyridine rings is 1. The first kappa shape index (κ1) is 15.5. The van der Waals surface area contributed by atoms with E-state index in [1.807, 2.05) is 18.2 Å². The van der Waals surface area contributed by atoms with E-state index in [1.54, 1.807) is 12.1 Å². The molecule has 1 saturated heterocycles. The fraction of sp³-hybridized carbons (Fsp3) is 0.333. The van der Waals surface area contributed by atoms with E-state index in [1.165, 1.54) is 18.0 Å². The van der Waals surface area contributed by atoms with Gasteiger partial charge in [0, 0.05) is 25.2 Å². The van der Waals surface area contributed by atoms with Crippen molar-refractivity contribution in [2.24, 2.45) is 0 Å². The van der Waals surface area contributed by atoms with E-state index in [4.69, 9.17) is 0 Å². The summed E-state index contributed by atoms with van der Waals surface area (Å²) >= 11 is 0. The maximum Gasteiger partial charge on any atom is 0.257 e. The van der Waals surface area contributed by atoms with Crippen LogP contribution in [-0.2, 0) is 6.54 Å². The highest BCUT2D eigenvalue weighted by Crippen LogP contribution is 2.14. The van der Waals surface area contributed by atoms with Gasteiger partial charge >= 0.3 is 0 Å². The fourth-order valence-electron chi connectivity index (χ4n) is 3.02. The molecule has 1 N–H and O–H groups in total. The summed E-state index contributed by atoms with van der Waals surface area (Å²) in [5.41, 5.74) is 1.69. The van der Waals surface area contributed by atoms with Gasteiger partial charge in [0.15, 0.2) is 12.4 Å². The second-order valence-electron chi connectivity index (χ2n) is 5.99. The maximum atomic E-state index is 12.2. The van der Waals surface area contributed by atoms with Crippen molar-refractivity contribution >= 4 is 5.91 Å². The number of aromatic nitrogens is 1. The lowest BCUT2D eigenvalue weighted by Gasteiger charge is -2.33. The number of piperidine rings is 1. The van der Waals surface area contributed by atoms with Crippen LogP contribution in [0.15, 0.2) is 54.9 Å². The number of carbonyl (C=O) groups excluding carboxylic acids is 1. The molecule has 0 saturated carbocycles. The summed E-state index contributed by atoms with van der Waals surface area (Å²) in [5.74, 6) is -0.179. The molecule has 1 amide bonds. The average Bonchev–Trinajstić information content (AvgIpc) is 2.56. The zero-order chi connectivity index (χ0) is 16.1. The van der Waals surface area contributed by atoms with E-state index < -0.39 is 0 Å². The van der Waals surface area contributed by atoms with Crippen molar-refractivity contribution in [3.05, 3.63) is 71.2 Å². The Morgan fingerprint density at radius 1 is 1.26 bits per heavy atom. The molecule has 1 aliphatic heterocycles. The third-order valence-corrected chi connectivity index (χ3v) is 4.13. The van der Waals surface area contributed by atoms with Gasteiger partial charge < -0.3 is 10.5 Å². The first-order valence-electron chi connectivity index (χ1n) is 7.97. The summed E-state index contributed by atoms with van der Waals surface area (Å²) in [4.78, 5) is 14.6. The summed E-state index contributed by atoms with van der Waals surface area (Å²) in [7, 11) is 0. The van der Waals surface area contributed by atoms with E-state index in [0.29, 0.717) is 10.3 Å². The third-order valence-electron chi connectivity index (χ3n) is 4.13. The maximum absolute atomic E-state index is 12.2. The molecule has 0 radical (unpaired) electrons. The summed E-state index contributed by atoms with van der Waals surface area (Å²) in [6.07, 6.45) is 4.72. The number of carbonyl (C=O) groups is 1. The lowest BCUT2D eigenvalue weighted by molar-refractivity contribution is -0.605. The van der Waals surface area contributed by atoms with Gasteiger partial charge in [0.1, 0.15) is 5.56 Å². The number of hydrogen-bond donors (Lipinski definition) is 1. The predicted molar refractivity (Wildman–Crippen MR) is 87.6 cm³/mol. The molecule has 1 aromatic heterocycles. The molecule has 23 heavy (non-hydrogen) atoms. The lowest BCUT2D eigenvalue weighted by atomic mass is 10.0. The van der Waals surface area contributed by atoms with Crippen molar-refractivity contribution in [3.63, 3.8) is 0 Å². The molecular weight excluding hydrogens is 290 g/mol. The summed E-state index contributed by atoms with van der Waals surface area (Å²) in [5, 5.41) is 14.3. The van der Waals surface area contributed by atoms with Gasteiger partial charge in [-0.25, -0.2) is 0 Å². The van der Waals surface area contributed by atoms with Crippen LogP contribution in [0.3, 0.4) is 0 Å². The Hall–Kier alpha value is -2.40. The van der Waals surface area contributed by atoms with Gasteiger partial charge in [-0.1, -0.05) is 30.3 Å². The zero-order valence-electron chi connectivity index (χ0n) is 13.0. The van der Waals surface area contributed by atoms with Crippen LogP contribution < -0.4 is 10.0 Å². The van der Waals surface area contributed by atoms with Crippen LogP contribution >= 0.6 is 0 Å². The molecule has 3 rings (SSSR count). The molecule has 0 bridgehead atoms. The molecule has 120 valence electrons. The van der Waals surface area contributed by atoms with E-state index in [9.17, 15) is 10.0 Å². The van der Waals surface area contributed by atoms with Crippen LogP contribution in [0.5, 0.6) is 0 Å². The molecule has 5 heteroatoms. The van der Waals surface area contributed by atoms with E-state index >= 15 is 0 Å². The Morgan fingerprint density at radius 2 is 2.09 bits per heavy atom. The molecule has 5 nitrogen and oxygen atoms in total. The monoisotopic (exact) mass is 311 g/mol. The van der Waals surface area contributed by atoms with Crippen LogP contribution in [0, 0.1) is 5.21 Å². The van der Waals surface area contributed by atoms with Crippen molar-refractivity contribution in [1.29, 1.82) is 0 Å². The van der Waals surface area contributed by atoms with Crippen molar-refractivity contribution in [2.45, 2.75) is 25.4 Å². The van der Waals surface area contributed by atoms with Gasteiger partial charge in [-0.15, -0.1) is 0 Å². The van der Waals surface area contributed by atoms with Crippen molar-refractivity contribution in [2.75, 3.05) is 13.1 Å². The second-order valence-corrected chi connectivity index (χ2v) is 5.99. The van der Waals surface area contributed by atoms with Gasteiger partial charge in [0.25, 0.3) is 5.91 Å². The van der Waals surface area contributed by atoms with Crippen LogP contribution in [0.1, 0.15) is 28.8 Å². The largest absolute Gasteiger partial charge is 0.619 e. The summed E-state index contributed by atoms with van der Waals surface area (Å²) < 4.78 is 0.650. The summed E-state index contributed by atoms with van der Waals surface area (Å²) in [6.45, 7) is 2.79. The molecule has 2 heterocycles. The molecule has 1 unspecified atom stereocenters. The SMILES string of the molecule is O=C(NC1CCCN(Cc2ccccc2)C1)c1ccc[n+]([O-])c1. The van der Waals surface area contributed by atoms with Gasteiger partial charge in [-0.2, -0.15) is 4.73 Å². The van der Waals surface area contributed by atoms with Crippen molar-refractivity contribution in [1.82, 2.24) is 10.2 Å². The number of nitrogens with one attached hydrogen (secondary N) is 1. The minimum atomic E-state index is -0.179. The first-order chi connectivity index (χ1) is 11.2. The van der Waals surface area contributed by atoms with Gasteiger partial charge in [0.2, 0.25) is 0 Å². The number of nitrogens with zero attached hydrogens (tertiary/aromatic N) is 2. The Morgan fingerprint density at radius 3 is 2.87 bits per heavy atom. The Bertz CT molecular complexity index is 660. The van der Waals surface area contributed by atoms with E-state index in [-0.39, 0.29) is 11.9 Å². The minimum Gasteiger partial charge on any atom is -0.619 e. The number of rotatable bonds is 4. The Kier molecular flexibility index (Phi) is 4.88. The standard InChI is InChI=1S/C18H21N3O2/c22-18(16-8-4-11-21(23)13-16)19-17-9-5-10-20(14-17)12-15-6-2-1-3-7-15/h1-4,6-8,11,13,17H,5,9-10,12,14H2,(H,19,22). The highest BCUT2D eigenvalue weighted by atomic mass is 16.5. The van der Waals surface area contributed by atoms with Crippen molar-refractivity contribution < 1.29 is 9.52 Å². The predicted octanol–water partition coefficient (Wildman–Crippen LogP) is 1.71. The van der Waals surface area contributed by atoms with Crippen molar-refractivity contribution in [3.8, 4) is 0 Å². The van der Waals surface area contributed by atoms with E-state index in [0.717, 1.165) is 32.5 Å². The Balaban J connectivity index is 1.57. The minimum absolute atomic E-state index is 0.125.